The Balaban J connectivity index is 1.79. The summed E-state index contributed by atoms with van der Waals surface area (Å²) in [4.78, 5) is 0. The number of alkyl halides is 2. The van der Waals surface area contributed by atoms with Gasteiger partial charge in [-0.1, -0.05) is 0 Å². The number of hydrogen-bond donors (Lipinski definition) is 1. The smallest absolute Gasteiger partial charge is 0.241 e. The van der Waals surface area contributed by atoms with Gasteiger partial charge in [0.2, 0.25) is 6.43 Å². The third-order valence-corrected chi connectivity index (χ3v) is 2.60. The Morgan fingerprint density at radius 3 is 2.79 bits per heavy atom. The molecule has 0 atom stereocenters. The molecule has 14 heavy (non-hydrogen) atoms. The van der Waals surface area contributed by atoms with E-state index in [-0.39, 0.29) is 6.04 Å². The first kappa shape index (κ1) is 9.43. The third-order valence-electron chi connectivity index (χ3n) is 2.60. The molecule has 0 bridgehead atoms. The van der Waals surface area contributed by atoms with Gasteiger partial charge in [0, 0.05) is 31.3 Å². The first-order valence-electron chi connectivity index (χ1n) is 4.69. The van der Waals surface area contributed by atoms with Crippen molar-refractivity contribution in [3.8, 4) is 0 Å². The fraction of sp³-hybridized carbons (Fsp3) is 0.667. The molecule has 1 aliphatic rings. The molecule has 2 rings (SSSR count). The zero-order chi connectivity index (χ0) is 10.1. The SMILES string of the molecule is Cn1ccc(NC2CC(C(F)F)C2)n1. The third kappa shape index (κ3) is 1.86. The van der Waals surface area contributed by atoms with Crippen molar-refractivity contribution >= 4 is 5.82 Å². The zero-order valence-corrected chi connectivity index (χ0v) is 7.95. The minimum Gasteiger partial charge on any atom is -0.366 e. The summed E-state index contributed by atoms with van der Waals surface area (Å²) in [7, 11) is 1.83. The van der Waals surface area contributed by atoms with Gasteiger partial charge in [-0.2, -0.15) is 5.10 Å². The molecule has 1 aliphatic carbocycles. The highest BCUT2D eigenvalue weighted by molar-refractivity contribution is 5.34. The van der Waals surface area contributed by atoms with Gasteiger partial charge in [0.05, 0.1) is 0 Å². The molecule has 1 fully saturated rings. The largest absolute Gasteiger partial charge is 0.366 e. The quantitative estimate of drug-likeness (QED) is 0.809. The standard InChI is InChI=1S/C9H13F2N3/c1-14-3-2-8(13-14)12-7-4-6(5-7)9(10)11/h2-3,6-7,9H,4-5H2,1H3,(H,12,13). The van der Waals surface area contributed by atoms with Crippen LogP contribution in [0.15, 0.2) is 12.3 Å². The van der Waals surface area contributed by atoms with Crippen LogP contribution in [0.5, 0.6) is 0 Å². The molecule has 78 valence electrons. The van der Waals surface area contributed by atoms with Gasteiger partial charge in [-0.3, -0.25) is 4.68 Å². The molecule has 0 aliphatic heterocycles. The molecular weight excluding hydrogens is 188 g/mol. The van der Waals surface area contributed by atoms with Crippen LogP contribution in [-0.2, 0) is 7.05 Å². The van der Waals surface area contributed by atoms with Crippen LogP contribution in [0, 0.1) is 5.92 Å². The van der Waals surface area contributed by atoms with E-state index in [2.05, 4.69) is 10.4 Å². The van der Waals surface area contributed by atoms with Crippen molar-refractivity contribution in [2.24, 2.45) is 13.0 Å². The van der Waals surface area contributed by atoms with Gasteiger partial charge in [-0.05, 0) is 12.8 Å². The van der Waals surface area contributed by atoms with E-state index in [1.54, 1.807) is 4.68 Å². The van der Waals surface area contributed by atoms with Crippen LogP contribution in [0.25, 0.3) is 0 Å². The molecule has 0 amide bonds. The van der Waals surface area contributed by atoms with E-state index in [0.29, 0.717) is 12.8 Å². The predicted octanol–water partition coefficient (Wildman–Crippen LogP) is 1.88. The molecule has 0 radical (unpaired) electrons. The van der Waals surface area contributed by atoms with Gasteiger partial charge in [-0.15, -0.1) is 0 Å². The first-order chi connectivity index (χ1) is 6.65. The normalized spacial score (nSPS) is 26.3. The molecule has 0 saturated heterocycles. The molecule has 0 spiro atoms. The van der Waals surface area contributed by atoms with Crippen LogP contribution in [0.4, 0.5) is 14.6 Å². The highest BCUT2D eigenvalue weighted by Crippen LogP contribution is 2.34. The van der Waals surface area contributed by atoms with E-state index in [1.165, 1.54) is 0 Å². The number of anilines is 1. The topological polar surface area (TPSA) is 29.9 Å². The van der Waals surface area contributed by atoms with E-state index in [0.717, 1.165) is 5.82 Å². The molecule has 1 N–H and O–H groups in total. The van der Waals surface area contributed by atoms with Crippen molar-refractivity contribution in [1.29, 1.82) is 0 Å². The highest BCUT2D eigenvalue weighted by Gasteiger charge is 2.35. The fourth-order valence-corrected chi connectivity index (χ4v) is 1.69. The Labute approximate surface area is 81.1 Å². The molecule has 1 aromatic heterocycles. The Hall–Kier alpha value is -1.13. The summed E-state index contributed by atoms with van der Waals surface area (Å²) >= 11 is 0. The number of aryl methyl sites for hydroxylation is 1. The second-order valence-corrected chi connectivity index (χ2v) is 3.78. The van der Waals surface area contributed by atoms with Crippen molar-refractivity contribution in [2.45, 2.75) is 25.3 Å². The second kappa shape index (κ2) is 3.55. The maximum atomic E-state index is 12.1. The Bertz CT molecular complexity index is 305. The van der Waals surface area contributed by atoms with Crippen LogP contribution in [0.3, 0.4) is 0 Å². The minimum absolute atomic E-state index is 0.170. The highest BCUT2D eigenvalue weighted by atomic mass is 19.3. The molecule has 1 aromatic rings. The van der Waals surface area contributed by atoms with Crippen LogP contribution in [0.1, 0.15) is 12.8 Å². The minimum atomic E-state index is -2.17. The van der Waals surface area contributed by atoms with Crippen molar-refractivity contribution in [3.05, 3.63) is 12.3 Å². The monoisotopic (exact) mass is 201 g/mol. The number of hydrogen-bond acceptors (Lipinski definition) is 2. The lowest BCUT2D eigenvalue weighted by atomic mass is 9.80. The molecule has 3 nitrogen and oxygen atoms in total. The van der Waals surface area contributed by atoms with Crippen molar-refractivity contribution in [3.63, 3.8) is 0 Å². The average Bonchev–Trinajstić information content (AvgIpc) is 2.42. The average molecular weight is 201 g/mol. The van der Waals surface area contributed by atoms with E-state index in [1.807, 2.05) is 19.3 Å². The van der Waals surface area contributed by atoms with Crippen molar-refractivity contribution in [2.75, 3.05) is 5.32 Å². The van der Waals surface area contributed by atoms with Gasteiger partial charge in [-0.25, -0.2) is 8.78 Å². The van der Waals surface area contributed by atoms with E-state index in [4.69, 9.17) is 0 Å². The van der Waals surface area contributed by atoms with Gasteiger partial charge in [0.15, 0.2) is 0 Å². The second-order valence-electron chi connectivity index (χ2n) is 3.78. The lowest BCUT2D eigenvalue weighted by Crippen LogP contribution is -2.39. The molecule has 1 saturated carbocycles. The lowest BCUT2D eigenvalue weighted by molar-refractivity contribution is 0.0280. The number of nitrogens with one attached hydrogen (secondary N) is 1. The van der Waals surface area contributed by atoms with E-state index in [9.17, 15) is 8.78 Å². The number of nitrogens with zero attached hydrogens (tertiary/aromatic N) is 2. The van der Waals surface area contributed by atoms with Crippen LogP contribution >= 0.6 is 0 Å². The summed E-state index contributed by atoms with van der Waals surface area (Å²) in [5, 5.41) is 7.24. The van der Waals surface area contributed by atoms with Crippen molar-refractivity contribution < 1.29 is 8.78 Å². The van der Waals surface area contributed by atoms with Gasteiger partial charge >= 0.3 is 0 Å². The maximum absolute atomic E-state index is 12.1. The molecule has 0 aromatic carbocycles. The van der Waals surface area contributed by atoms with Crippen LogP contribution < -0.4 is 5.32 Å². The lowest BCUT2D eigenvalue weighted by Gasteiger charge is -2.35. The zero-order valence-electron chi connectivity index (χ0n) is 7.95. The molecule has 0 unspecified atom stereocenters. The first-order valence-corrected chi connectivity index (χ1v) is 4.69. The number of rotatable bonds is 3. The number of halogens is 2. The van der Waals surface area contributed by atoms with Crippen molar-refractivity contribution in [1.82, 2.24) is 9.78 Å². The van der Waals surface area contributed by atoms with Gasteiger partial charge in [0.1, 0.15) is 5.82 Å². The molecule has 5 heteroatoms. The van der Waals surface area contributed by atoms with Crippen LogP contribution in [0.2, 0.25) is 0 Å². The Morgan fingerprint density at radius 1 is 1.57 bits per heavy atom. The summed E-state index contributed by atoms with van der Waals surface area (Å²) in [6, 6.07) is 2.01. The number of aromatic nitrogens is 2. The van der Waals surface area contributed by atoms with E-state index < -0.39 is 12.3 Å². The van der Waals surface area contributed by atoms with Crippen LogP contribution in [-0.4, -0.2) is 22.2 Å². The van der Waals surface area contributed by atoms with Gasteiger partial charge in [0.25, 0.3) is 0 Å². The Morgan fingerprint density at radius 2 is 2.29 bits per heavy atom. The fourth-order valence-electron chi connectivity index (χ4n) is 1.69. The molecular formula is C9H13F2N3. The summed E-state index contributed by atoms with van der Waals surface area (Å²) in [5.41, 5.74) is 0. The Kier molecular flexibility index (Phi) is 2.39. The summed E-state index contributed by atoms with van der Waals surface area (Å²) in [6.45, 7) is 0. The summed E-state index contributed by atoms with van der Waals surface area (Å²) in [6.07, 6.45) is 0.755. The summed E-state index contributed by atoms with van der Waals surface area (Å²) in [5.74, 6) is 0.349. The maximum Gasteiger partial charge on any atom is 0.241 e. The summed E-state index contributed by atoms with van der Waals surface area (Å²) < 4.78 is 26.0. The van der Waals surface area contributed by atoms with Gasteiger partial charge < -0.3 is 5.32 Å². The molecule has 1 heterocycles. The van der Waals surface area contributed by atoms with E-state index >= 15 is 0 Å². The predicted molar refractivity (Wildman–Crippen MR) is 49.3 cm³/mol.